The third-order valence-corrected chi connectivity index (χ3v) is 2.26. The second kappa shape index (κ2) is 6.43. The number of benzene rings is 1. The van der Waals surface area contributed by atoms with Crippen molar-refractivity contribution in [2.75, 3.05) is 0 Å². The van der Waals surface area contributed by atoms with Crippen LogP contribution in [0.15, 0.2) is 30.5 Å². The van der Waals surface area contributed by atoms with Crippen LogP contribution >= 0.6 is 11.6 Å². The summed E-state index contributed by atoms with van der Waals surface area (Å²) >= 11 is 7.98. The molecule has 3 nitrogen and oxygen atoms in total. The molecule has 0 aliphatic heterocycles. The van der Waals surface area contributed by atoms with E-state index in [-0.39, 0.29) is 10.6 Å². The Bertz CT molecular complexity index is 588. The first-order valence-corrected chi connectivity index (χ1v) is 6.34. The third-order valence-electron chi connectivity index (χ3n) is 1.95. The molecule has 96 valence electrons. The molecule has 2 rings (SSSR count). The molecule has 0 aliphatic rings. The number of rotatable bonds is 1. The molecule has 0 unspecified atom stereocenters. The van der Waals surface area contributed by atoms with Crippen molar-refractivity contribution in [2.24, 2.45) is 0 Å². The van der Waals surface area contributed by atoms with Gasteiger partial charge < -0.3 is 5.11 Å². The molecule has 1 aromatic carbocycles. The van der Waals surface area contributed by atoms with E-state index in [2.05, 4.69) is 43.5 Å². The van der Waals surface area contributed by atoms with Crippen molar-refractivity contribution in [1.29, 1.82) is 0 Å². The number of nitrogens with zero attached hydrogens (tertiary/aromatic N) is 1. The summed E-state index contributed by atoms with van der Waals surface area (Å²) in [5, 5.41) is 9.75. The van der Waals surface area contributed by atoms with E-state index in [1.807, 2.05) is 0 Å². The summed E-state index contributed by atoms with van der Waals surface area (Å²) in [6, 6.07) is 6.62. The average molecular weight is 272 g/mol. The fourth-order valence-corrected chi connectivity index (χ4v) is 1.59. The summed E-state index contributed by atoms with van der Waals surface area (Å²) in [4.78, 5) is 15.0. The maximum absolute atomic E-state index is 10.9. The van der Waals surface area contributed by atoms with Gasteiger partial charge in [0, 0.05) is 11.6 Å². The van der Waals surface area contributed by atoms with Gasteiger partial charge in [0.1, 0.15) is 0 Å². The summed E-state index contributed by atoms with van der Waals surface area (Å²) in [6.07, 6.45) is 1.61. The minimum absolute atomic E-state index is 0.109. The quantitative estimate of drug-likeness (QED) is 0.799. The van der Waals surface area contributed by atoms with Crippen molar-refractivity contribution in [1.82, 2.24) is 4.98 Å². The Kier molecular flexibility index (Phi) is 5.43. The fourth-order valence-electron chi connectivity index (χ4n) is 1.34. The Morgan fingerprint density at radius 3 is 2.42 bits per heavy atom. The van der Waals surface area contributed by atoms with E-state index >= 15 is 0 Å². The second-order valence-electron chi connectivity index (χ2n) is 5.80. The van der Waals surface area contributed by atoms with Gasteiger partial charge in [-0.1, -0.05) is 17.7 Å². The molecule has 1 aromatic heterocycles. The summed E-state index contributed by atoms with van der Waals surface area (Å²) in [5.41, 5.74) is 0.742. The van der Waals surface area contributed by atoms with Crippen LogP contribution < -0.4 is 0 Å². The second-order valence-corrected chi connectivity index (χ2v) is 6.20. The van der Waals surface area contributed by atoms with Crippen molar-refractivity contribution < 1.29 is 9.90 Å². The van der Waals surface area contributed by atoms with Crippen molar-refractivity contribution in [2.45, 2.75) is 24.9 Å². The summed E-state index contributed by atoms with van der Waals surface area (Å²) in [5.74, 6) is -1.03. The molecule has 0 saturated heterocycles. The van der Waals surface area contributed by atoms with Crippen molar-refractivity contribution in [3.63, 3.8) is 0 Å². The first-order chi connectivity index (χ1) is 8.70. The van der Waals surface area contributed by atoms with Gasteiger partial charge in [-0.2, -0.15) is 0 Å². The number of hydrogen-bond donors (Lipinski definition) is 1. The van der Waals surface area contributed by atoms with E-state index in [1.54, 1.807) is 30.5 Å². The zero-order valence-electron chi connectivity index (χ0n) is 11.6. The number of aromatic nitrogens is 1. The monoisotopic (exact) mass is 271 g/mol. The Hall–Kier alpha value is -1.01. The zero-order chi connectivity index (χ0) is 14.6. The van der Waals surface area contributed by atoms with Gasteiger partial charge in [-0.05, 0) is 18.2 Å². The summed E-state index contributed by atoms with van der Waals surface area (Å²) in [7, 11) is 0. The standard InChI is InChI=1S/C10H6ClNO2.C4H9.Li/c11-7-3-4-8-6(2-1-5-12-8)9(7)10(13)14;1-4(2)3;/h1-5H,(H,13,14);1-3H3;. The van der Waals surface area contributed by atoms with E-state index < -0.39 is 5.97 Å². The number of fused-ring (bicyclic) bond motifs is 1. The Labute approximate surface area is 127 Å². The molecule has 0 amide bonds. The first-order valence-electron chi connectivity index (χ1n) is 5.96. The number of carboxylic acid groups (broad SMARTS) is 1. The van der Waals surface area contributed by atoms with Gasteiger partial charge in [0.2, 0.25) is 0 Å². The van der Waals surface area contributed by atoms with Crippen LogP contribution in [0, 0.1) is 0 Å². The van der Waals surface area contributed by atoms with Crippen molar-refractivity contribution in [3.05, 3.63) is 41.0 Å². The normalized spacial score (nSPS) is 10.8. The van der Waals surface area contributed by atoms with Crippen LogP contribution in [0.25, 0.3) is 10.9 Å². The van der Waals surface area contributed by atoms with E-state index in [0.29, 0.717) is 15.0 Å². The van der Waals surface area contributed by atoms with Gasteiger partial charge in [0.05, 0.1) is 16.1 Å². The molecule has 0 saturated carbocycles. The zero-order valence-corrected chi connectivity index (χ0v) is 12.3. The van der Waals surface area contributed by atoms with Gasteiger partial charge >= 0.3 is 48.5 Å². The molecule has 0 radical (unpaired) electrons. The minimum atomic E-state index is -1.03. The number of hydrogen-bond acceptors (Lipinski definition) is 2. The number of carbonyl (C=O) groups is 1. The van der Waals surface area contributed by atoms with Crippen LogP contribution in [0.1, 0.15) is 31.1 Å². The average Bonchev–Trinajstić information content (AvgIpc) is 2.26. The SMILES string of the molecule is O=C(O)c1c(Cl)ccc2ncccc12.[Li][C](C)(C)C. The number of halogens is 1. The van der Waals surface area contributed by atoms with Crippen LogP contribution in [0.4, 0.5) is 0 Å². The topological polar surface area (TPSA) is 50.2 Å². The molecule has 0 aliphatic carbocycles. The summed E-state index contributed by atoms with van der Waals surface area (Å²) in [6.45, 7) is 6.56. The third kappa shape index (κ3) is 5.24. The van der Waals surface area contributed by atoms with Crippen LogP contribution in [0.5, 0.6) is 0 Å². The van der Waals surface area contributed by atoms with Crippen LogP contribution in [0.2, 0.25) is 9.11 Å². The number of carboxylic acids is 1. The molecule has 1 N–H and O–H groups in total. The maximum atomic E-state index is 10.9. The van der Waals surface area contributed by atoms with E-state index in [0.717, 1.165) is 0 Å². The molecule has 0 spiro atoms. The Morgan fingerprint density at radius 1 is 1.32 bits per heavy atom. The molecule has 0 bridgehead atoms. The Balaban J connectivity index is 0.000000312. The molecule has 19 heavy (non-hydrogen) atoms. The predicted molar refractivity (Wildman–Crippen MR) is 79.2 cm³/mol. The van der Waals surface area contributed by atoms with Crippen LogP contribution in [0.3, 0.4) is 0 Å². The molecule has 0 atom stereocenters. The van der Waals surface area contributed by atoms with Crippen LogP contribution in [-0.4, -0.2) is 33.8 Å². The Morgan fingerprint density at radius 2 is 1.89 bits per heavy atom. The van der Waals surface area contributed by atoms with E-state index in [1.165, 1.54) is 0 Å². The van der Waals surface area contributed by atoms with Crippen molar-refractivity contribution >= 4 is 46.2 Å². The van der Waals surface area contributed by atoms with Crippen LogP contribution in [-0.2, 0) is 0 Å². The summed E-state index contributed by atoms with van der Waals surface area (Å²) < 4.78 is 0.500. The van der Waals surface area contributed by atoms with Gasteiger partial charge in [-0.25, -0.2) is 4.79 Å². The molecule has 5 heteroatoms. The van der Waals surface area contributed by atoms with E-state index in [9.17, 15) is 4.79 Å². The molecule has 2 aromatic rings. The van der Waals surface area contributed by atoms with Gasteiger partial charge in [0.15, 0.2) is 0 Å². The predicted octanol–water partition coefficient (Wildman–Crippen LogP) is 3.96. The number of aromatic carboxylic acids is 1. The molecular formula is C14H15ClLiNO2. The van der Waals surface area contributed by atoms with E-state index in [4.69, 9.17) is 16.7 Å². The van der Waals surface area contributed by atoms with Gasteiger partial charge in [0.25, 0.3) is 0 Å². The van der Waals surface area contributed by atoms with Crippen molar-refractivity contribution in [3.8, 4) is 0 Å². The first kappa shape index (κ1) is 16.0. The van der Waals surface area contributed by atoms with Gasteiger partial charge in [-0.3, -0.25) is 4.98 Å². The molecule has 0 fully saturated rings. The molecule has 1 heterocycles. The van der Waals surface area contributed by atoms with Gasteiger partial charge in [-0.15, -0.1) is 0 Å². The fraction of sp³-hybridized carbons (Fsp3) is 0.286. The number of pyridine rings is 1. The molecular weight excluding hydrogens is 257 g/mol.